The average molecular weight is 144 g/mol. The van der Waals surface area contributed by atoms with Crippen LogP contribution in [0.5, 0.6) is 0 Å². The van der Waals surface area contributed by atoms with Gasteiger partial charge < -0.3 is 20.9 Å². The van der Waals surface area contributed by atoms with Gasteiger partial charge in [0.05, 0.1) is 25.3 Å². The predicted octanol–water partition coefficient (Wildman–Crippen LogP) is -1.56. The molecule has 0 aromatic heterocycles. The third kappa shape index (κ3) is 0.769. The molecule has 0 radical (unpaired) electrons. The Balaban J connectivity index is 2.09. The summed E-state index contributed by atoms with van der Waals surface area (Å²) in [5.41, 5.74) is 11.4. The maximum Gasteiger partial charge on any atom is 0.103 e. The van der Waals surface area contributed by atoms with Gasteiger partial charge in [-0.3, -0.25) is 0 Å². The second-order valence-electron chi connectivity index (χ2n) is 2.92. The van der Waals surface area contributed by atoms with Gasteiger partial charge in [0, 0.05) is 0 Å². The van der Waals surface area contributed by atoms with E-state index in [0.29, 0.717) is 13.2 Å². The first-order valence-corrected chi connectivity index (χ1v) is 3.53. The fraction of sp³-hybridized carbons (Fsp3) is 1.00. The summed E-state index contributed by atoms with van der Waals surface area (Å²) in [4.78, 5) is 0. The van der Waals surface area contributed by atoms with Gasteiger partial charge in [0.1, 0.15) is 12.2 Å². The fourth-order valence-electron chi connectivity index (χ4n) is 1.56. The molecule has 0 saturated carbocycles. The van der Waals surface area contributed by atoms with Crippen molar-refractivity contribution in [1.29, 1.82) is 0 Å². The first-order chi connectivity index (χ1) is 4.79. The van der Waals surface area contributed by atoms with Crippen LogP contribution >= 0.6 is 0 Å². The Morgan fingerprint density at radius 2 is 1.30 bits per heavy atom. The zero-order valence-corrected chi connectivity index (χ0v) is 5.69. The molecule has 2 rings (SSSR count). The van der Waals surface area contributed by atoms with E-state index >= 15 is 0 Å². The summed E-state index contributed by atoms with van der Waals surface area (Å²) in [6.45, 7) is 1.17. The largest absolute Gasteiger partial charge is 0.372 e. The van der Waals surface area contributed by atoms with Crippen LogP contribution < -0.4 is 11.5 Å². The summed E-state index contributed by atoms with van der Waals surface area (Å²) in [6.07, 6.45) is 0.102. The quantitative estimate of drug-likeness (QED) is 0.431. The molecule has 2 heterocycles. The lowest BCUT2D eigenvalue weighted by atomic mass is 10.1. The molecule has 58 valence electrons. The summed E-state index contributed by atoms with van der Waals surface area (Å²) >= 11 is 0. The summed E-state index contributed by atoms with van der Waals surface area (Å²) < 4.78 is 10.7. The molecule has 0 aromatic rings. The monoisotopic (exact) mass is 144 g/mol. The van der Waals surface area contributed by atoms with E-state index in [9.17, 15) is 0 Å². The Kier molecular flexibility index (Phi) is 1.42. The lowest BCUT2D eigenvalue weighted by molar-refractivity contribution is 0.0691. The summed E-state index contributed by atoms with van der Waals surface area (Å²) in [5, 5.41) is 0. The van der Waals surface area contributed by atoms with Crippen molar-refractivity contribution in [3.8, 4) is 0 Å². The van der Waals surface area contributed by atoms with Crippen molar-refractivity contribution in [3.63, 3.8) is 0 Å². The van der Waals surface area contributed by atoms with Crippen LogP contribution in [-0.2, 0) is 9.47 Å². The van der Waals surface area contributed by atoms with E-state index in [2.05, 4.69) is 0 Å². The standard InChI is InChI=1S/C6H12N2O2/c7-3-1-9-6-4(8)2-10-5(3)6/h3-6H,1-2,7-8H2/t3-,4?,5+,6+/m0/s1. The Morgan fingerprint density at radius 1 is 0.900 bits per heavy atom. The van der Waals surface area contributed by atoms with Crippen LogP contribution in [0.25, 0.3) is 0 Å². The molecule has 0 bridgehead atoms. The Morgan fingerprint density at radius 3 is 1.70 bits per heavy atom. The minimum Gasteiger partial charge on any atom is -0.372 e. The third-order valence-corrected chi connectivity index (χ3v) is 2.13. The lowest BCUT2D eigenvalue weighted by Gasteiger charge is -2.10. The minimum absolute atomic E-state index is 0.0264. The predicted molar refractivity (Wildman–Crippen MR) is 35.4 cm³/mol. The van der Waals surface area contributed by atoms with Gasteiger partial charge in [0.15, 0.2) is 0 Å². The van der Waals surface area contributed by atoms with Gasteiger partial charge in [0.2, 0.25) is 0 Å². The zero-order chi connectivity index (χ0) is 7.14. The second kappa shape index (κ2) is 2.17. The summed E-state index contributed by atoms with van der Waals surface area (Å²) in [5.74, 6) is 0. The van der Waals surface area contributed by atoms with E-state index < -0.39 is 0 Å². The topological polar surface area (TPSA) is 70.5 Å². The van der Waals surface area contributed by atoms with Crippen LogP contribution in [-0.4, -0.2) is 37.5 Å². The van der Waals surface area contributed by atoms with Crippen molar-refractivity contribution in [2.45, 2.75) is 24.3 Å². The average Bonchev–Trinajstić information content (AvgIpc) is 2.41. The van der Waals surface area contributed by atoms with Gasteiger partial charge in [-0.1, -0.05) is 0 Å². The van der Waals surface area contributed by atoms with Crippen molar-refractivity contribution in [2.75, 3.05) is 13.2 Å². The molecule has 0 aliphatic carbocycles. The molecule has 0 aromatic carbocycles. The molecule has 4 N–H and O–H groups in total. The van der Waals surface area contributed by atoms with Crippen molar-refractivity contribution >= 4 is 0 Å². The van der Waals surface area contributed by atoms with Gasteiger partial charge in [-0.15, -0.1) is 0 Å². The van der Waals surface area contributed by atoms with Crippen LogP contribution in [0.3, 0.4) is 0 Å². The Bertz CT molecular complexity index is 126. The van der Waals surface area contributed by atoms with E-state index in [-0.39, 0.29) is 24.3 Å². The Hall–Kier alpha value is -0.160. The van der Waals surface area contributed by atoms with E-state index in [1.807, 2.05) is 0 Å². The van der Waals surface area contributed by atoms with E-state index in [1.165, 1.54) is 0 Å². The van der Waals surface area contributed by atoms with Crippen molar-refractivity contribution < 1.29 is 9.47 Å². The molecule has 2 fully saturated rings. The van der Waals surface area contributed by atoms with Gasteiger partial charge >= 0.3 is 0 Å². The first kappa shape index (κ1) is 6.54. The van der Waals surface area contributed by atoms with Crippen LogP contribution in [0.4, 0.5) is 0 Å². The highest BCUT2D eigenvalue weighted by Crippen LogP contribution is 2.24. The minimum atomic E-state index is 0.0264. The first-order valence-electron chi connectivity index (χ1n) is 3.53. The van der Waals surface area contributed by atoms with Crippen molar-refractivity contribution in [2.24, 2.45) is 11.5 Å². The highest BCUT2D eigenvalue weighted by atomic mass is 16.6. The number of rotatable bonds is 0. The maximum absolute atomic E-state index is 5.68. The van der Waals surface area contributed by atoms with E-state index in [0.717, 1.165) is 0 Å². The zero-order valence-electron chi connectivity index (χ0n) is 5.69. The molecule has 2 aliphatic rings. The molecule has 1 unspecified atom stereocenters. The molecular weight excluding hydrogens is 132 g/mol. The molecule has 0 spiro atoms. The number of hydrogen-bond donors (Lipinski definition) is 2. The van der Waals surface area contributed by atoms with E-state index in [4.69, 9.17) is 20.9 Å². The van der Waals surface area contributed by atoms with Gasteiger partial charge in [0.25, 0.3) is 0 Å². The molecule has 4 heteroatoms. The van der Waals surface area contributed by atoms with Gasteiger partial charge in [-0.2, -0.15) is 0 Å². The molecule has 10 heavy (non-hydrogen) atoms. The highest BCUT2D eigenvalue weighted by Gasteiger charge is 2.44. The van der Waals surface area contributed by atoms with Crippen molar-refractivity contribution in [3.05, 3.63) is 0 Å². The molecule has 4 nitrogen and oxygen atoms in total. The molecule has 2 aliphatic heterocycles. The lowest BCUT2D eigenvalue weighted by Crippen LogP contribution is -2.39. The van der Waals surface area contributed by atoms with Gasteiger partial charge in [-0.05, 0) is 0 Å². The second-order valence-corrected chi connectivity index (χ2v) is 2.92. The molecular formula is C6H12N2O2. The maximum atomic E-state index is 5.68. The van der Waals surface area contributed by atoms with Crippen LogP contribution in [0.1, 0.15) is 0 Å². The van der Waals surface area contributed by atoms with Crippen LogP contribution in [0.2, 0.25) is 0 Å². The SMILES string of the molecule is NC1CO[C@H]2[C@@H]1OC[C@@H]2N. The van der Waals surface area contributed by atoms with Crippen LogP contribution in [0.15, 0.2) is 0 Å². The number of fused-ring (bicyclic) bond motifs is 1. The Labute approximate surface area is 59.5 Å². The number of hydrogen-bond acceptors (Lipinski definition) is 4. The van der Waals surface area contributed by atoms with Crippen LogP contribution in [0, 0.1) is 0 Å². The highest BCUT2D eigenvalue weighted by molar-refractivity contribution is 4.97. The summed E-state index contributed by atoms with van der Waals surface area (Å²) in [6, 6.07) is 0.0529. The van der Waals surface area contributed by atoms with Gasteiger partial charge in [-0.25, -0.2) is 0 Å². The third-order valence-electron chi connectivity index (χ3n) is 2.13. The molecule has 4 atom stereocenters. The smallest absolute Gasteiger partial charge is 0.103 e. The fourth-order valence-corrected chi connectivity index (χ4v) is 1.56. The van der Waals surface area contributed by atoms with Crippen molar-refractivity contribution in [1.82, 2.24) is 0 Å². The normalized spacial score (nSPS) is 53.4. The molecule has 2 saturated heterocycles. The summed E-state index contributed by atoms with van der Waals surface area (Å²) in [7, 11) is 0. The molecule has 0 amide bonds. The number of ether oxygens (including phenoxy) is 2. The van der Waals surface area contributed by atoms with E-state index in [1.54, 1.807) is 0 Å². The number of nitrogens with two attached hydrogens (primary N) is 2.